The van der Waals surface area contributed by atoms with Crippen molar-refractivity contribution in [3.63, 3.8) is 0 Å². The van der Waals surface area contributed by atoms with Crippen LogP contribution in [0.2, 0.25) is 0 Å². The molecule has 118 valence electrons. The van der Waals surface area contributed by atoms with Crippen molar-refractivity contribution in [3.05, 3.63) is 89.5 Å². The standard InChI is InChI=1S/C18H17F2N3/c1-23-10-9-21-18(23)17(14-3-2-4-16(20)11-14)22-12-13-5-7-15(19)8-6-13/h2-11,17,22H,12H2,1H3/t17-/m0/s1. The maximum atomic E-state index is 13.6. The van der Waals surface area contributed by atoms with Crippen molar-refractivity contribution in [1.82, 2.24) is 14.9 Å². The Balaban J connectivity index is 1.86. The van der Waals surface area contributed by atoms with Gasteiger partial charge in [0.25, 0.3) is 0 Å². The molecule has 0 aliphatic rings. The minimum Gasteiger partial charge on any atom is -0.336 e. The molecule has 1 atom stereocenters. The highest BCUT2D eigenvalue weighted by atomic mass is 19.1. The number of aromatic nitrogens is 2. The number of imidazole rings is 1. The van der Waals surface area contributed by atoms with Crippen molar-refractivity contribution >= 4 is 0 Å². The smallest absolute Gasteiger partial charge is 0.130 e. The van der Waals surface area contributed by atoms with Crippen molar-refractivity contribution in [2.24, 2.45) is 7.05 Å². The third-order valence-electron chi connectivity index (χ3n) is 3.72. The summed E-state index contributed by atoms with van der Waals surface area (Å²) >= 11 is 0. The monoisotopic (exact) mass is 313 g/mol. The number of halogens is 2. The SMILES string of the molecule is Cn1ccnc1[C@@H](NCc1ccc(F)cc1)c1cccc(F)c1. The maximum absolute atomic E-state index is 13.6. The molecule has 0 radical (unpaired) electrons. The Labute approximate surface area is 133 Å². The molecule has 0 aliphatic carbocycles. The Hall–Kier alpha value is -2.53. The summed E-state index contributed by atoms with van der Waals surface area (Å²) in [6, 6.07) is 12.5. The Morgan fingerprint density at radius 3 is 2.52 bits per heavy atom. The summed E-state index contributed by atoms with van der Waals surface area (Å²) in [7, 11) is 1.90. The molecule has 1 N–H and O–H groups in total. The molecule has 0 unspecified atom stereocenters. The zero-order chi connectivity index (χ0) is 16.2. The van der Waals surface area contributed by atoms with Gasteiger partial charge < -0.3 is 4.57 Å². The molecular weight excluding hydrogens is 296 g/mol. The van der Waals surface area contributed by atoms with E-state index in [0.717, 1.165) is 17.0 Å². The molecule has 0 bridgehead atoms. The lowest BCUT2D eigenvalue weighted by molar-refractivity contribution is 0.550. The van der Waals surface area contributed by atoms with E-state index in [-0.39, 0.29) is 17.7 Å². The Kier molecular flexibility index (Phi) is 4.48. The van der Waals surface area contributed by atoms with Gasteiger partial charge in [-0.15, -0.1) is 0 Å². The van der Waals surface area contributed by atoms with Crippen LogP contribution in [0.3, 0.4) is 0 Å². The van der Waals surface area contributed by atoms with Gasteiger partial charge in [0.2, 0.25) is 0 Å². The zero-order valence-corrected chi connectivity index (χ0v) is 12.7. The molecular formula is C18H17F2N3. The number of hydrogen-bond acceptors (Lipinski definition) is 2. The topological polar surface area (TPSA) is 29.9 Å². The molecule has 0 saturated heterocycles. The van der Waals surface area contributed by atoms with Crippen LogP contribution in [0.25, 0.3) is 0 Å². The third kappa shape index (κ3) is 3.63. The first kappa shape index (κ1) is 15.4. The average molecular weight is 313 g/mol. The minimum absolute atomic E-state index is 0.254. The quantitative estimate of drug-likeness (QED) is 0.780. The largest absolute Gasteiger partial charge is 0.336 e. The normalized spacial score (nSPS) is 12.3. The second kappa shape index (κ2) is 6.71. The van der Waals surface area contributed by atoms with Crippen LogP contribution in [-0.4, -0.2) is 9.55 Å². The molecule has 0 aliphatic heterocycles. The molecule has 0 saturated carbocycles. The van der Waals surface area contributed by atoms with Crippen molar-refractivity contribution in [1.29, 1.82) is 0 Å². The van der Waals surface area contributed by atoms with Crippen LogP contribution in [0.1, 0.15) is 23.0 Å². The fourth-order valence-electron chi connectivity index (χ4n) is 2.52. The van der Waals surface area contributed by atoms with Gasteiger partial charge in [-0.25, -0.2) is 13.8 Å². The highest BCUT2D eigenvalue weighted by Crippen LogP contribution is 2.21. The molecule has 3 aromatic rings. The van der Waals surface area contributed by atoms with Crippen LogP contribution in [0.15, 0.2) is 60.9 Å². The van der Waals surface area contributed by atoms with Gasteiger partial charge in [0.05, 0.1) is 6.04 Å². The third-order valence-corrected chi connectivity index (χ3v) is 3.72. The molecule has 5 heteroatoms. The van der Waals surface area contributed by atoms with Gasteiger partial charge in [0.1, 0.15) is 17.5 Å². The van der Waals surface area contributed by atoms with Crippen molar-refractivity contribution in [2.45, 2.75) is 12.6 Å². The van der Waals surface area contributed by atoms with E-state index < -0.39 is 0 Å². The lowest BCUT2D eigenvalue weighted by Gasteiger charge is -2.19. The molecule has 0 fully saturated rings. The number of benzene rings is 2. The first-order valence-corrected chi connectivity index (χ1v) is 7.34. The molecule has 0 amide bonds. The predicted molar refractivity (Wildman–Crippen MR) is 84.7 cm³/mol. The van der Waals surface area contributed by atoms with E-state index in [1.165, 1.54) is 24.3 Å². The number of hydrogen-bond donors (Lipinski definition) is 1. The Bertz CT molecular complexity index is 781. The van der Waals surface area contributed by atoms with Gasteiger partial charge in [-0.1, -0.05) is 24.3 Å². The van der Waals surface area contributed by atoms with E-state index >= 15 is 0 Å². The van der Waals surface area contributed by atoms with Gasteiger partial charge in [0.15, 0.2) is 0 Å². The summed E-state index contributed by atoms with van der Waals surface area (Å²) in [5.74, 6) is 0.238. The van der Waals surface area contributed by atoms with Crippen LogP contribution in [-0.2, 0) is 13.6 Å². The molecule has 3 rings (SSSR count). The summed E-state index contributed by atoms with van der Waals surface area (Å²) < 4.78 is 28.5. The molecule has 3 nitrogen and oxygen atoms in total. The van der Waals surface area contributed by atoms with Crippen LogP contribution in [0.5, 0.6) is 0 Å². The van der Waals surface area contributed by atoms with Crippen LogP contribution in [0, 0.1) is 11.6 Å². The first-order valence-electron chi connectivity index (χ1n) is 7.34. The summed E-state index contributed by atoms with van der Waals surface area (Å²) in [6.07, 6.45) is 3.56. The lowest BCUT2D eigenvalue weighted by Crippen LogP contribution is -2.25. The maximum Gasteiger partial charge on any atom is 0.130 e. The second-order valence-corrected chi connectivity index (χ2v) is 5.39. The zero-order valence-electron chi connectivity index (χ0n) is 12.7. The summed E-state index contributed by atoms with van der Waals surface area (Å²) in [6.45, 7) is 0.522. The van der Waals surface area contributed by atoms with Crippen LogP contribution < -0.4 is 5.32 Å². The number of aryl methyl sites for hydroxylation is 1. The number of nitrogens with one attached hydrogen (secondary N) is 1. The predicted octanol–water partition coefficient (Wildman–Crippen LogP) is 3.58. The van der Waals surface area contributed by atoms with E-state index in [9.17, 15) is 8.78 Å². The minimum atomic E-state index is -0.287. The Morgan fingerprint density at radius 2 is 1.87 bits per heavy atom. The van der Waals surface area contributed by atoms with Gasteiger partial charge in [-0.2, -0.15) is 0 Å². The van der Waals surface area contributed by atoms with Gasteiger partial charge in [-0.3, -0.25) is 5.32 Å². The first-order chi connectivity index (χ1) is 11.1. The molecule has 1 aromatic heterocycles. The summed E-state index contributed by atoms with van der Waals surface area (Å²) in [4.78, 5) is 4.37. The van der Waals surface area contributed by atoms with Gasteiger partial charge in [0, 0.05) is 26.0 Å². The fourth-order valence-corrected chi connectivity index (χ4v) is 2.52. The van der Waals surface area contributed by atoms with E-state index in [1.54, 1.807) is 24.4 Å². The summed E-state index contributed by atoms with van der Waals surface area (Å²) in [5.41, 5.74) is 1.74. The van der Waals surface area contributed by atoms with Crippen LogP contribution >= 0.6 is 0 Å². The molecule has 23 heavy (non-hydrogen) atoms. The highest BCUT2D eigenvalue weighted by molar-refractivity contribution is 5.26. The van der Waals surface area contributed by atoms with E-state index in [1.807, 2.05) is 23.9 Å². The average Bonchev–Trinajstić information content (AvgIpc) is 2.96. The van der Waals surface area contributed by atoms with E-state index in [4.69, 9.17) is 0 Å². The molecule has 0 spiro atoms. The fraction of sp³-hybridized carbons (Fsp3) is 0.167. The van der Waals surface area contributed by atoms with E-state index in [0.29, 0.717) is 6.54 Å². The molecule has 2 aromatic carbocycles. The van der Waals surface area contributed by atoms with Crippen molar-refractivity contribution in [2.75, 3.05) is 0 Å². The summed E-state index contributed by atoms with van der Waals surface area (Å²) in [5, 5.41) is 3.37. The van der Waals surface area contributed by atoms with Crippen LogP contribution in [0.4, 0.5) is 8.78 Å². The van der Waals surface area contributed by atoms with Gasteiger partial charge in [-0.05, 0) is 35.4 Å². The van der Waals surface area contributed by atoms with Gasteiger partial charge >= 0.3 is 0 Å². The number of nitrogens with zero attached hydrogens (tertiary/aromatic N) is 2. The second-order valence-electron chi connectivity index (χ2n) is 5.39. The van der Waals surface area contributed by atoms with E-state index in [2.05, 4.69) is 10.3 Å². The Morgan fingerprint density at radius 1 is 1.09 bits per heavy atom. The highest BCUT2D eigenvalue weighted by Gasteiger charge is 2.18. The number of rotatable bonds is 5. The lowest BCUT2D eigenvalue weighted by atomic mass is 10.1. The van der Waals surface area contributed by atoms with Crippen molar-refractivity contribution in [3.8, 4) is 0 Å². The molecule has 1 heterocycles. The van der Waals surface area contributed by atoms with Crippen molar-refractivity contribution < 1.29 is 8.78 Å².